The van der Waals surface area contributed by atoms with E-state index in [-0.39, 0.29) is 5.38 Å². The highest BCUT2D eigenvalue weighted by Crippen LogP contribution is 2.04. The third-order valence-electron chi connectivity index (χ3n) is 0.706. The number of alkyl halides is 1. The number of halogens is 1. The highest BCUT2D eigenvalue weighted by atomic mass is 35.5. The fraction of sp³-hybridized carbons (Fsp3) is 0.600. The number of rotatable bonds is 2. The topological polar surface area (TPSA) is 9.23 Å². The van der Waals surface area contributed by atoms with Crippen LogP contribution in [0.4, 0.5) is 0 Å². The molecule has 0 bridgehead atoms. The van der Waals surface area contributed by atoms with Gasteiger partial charge in [0.05, 0.1) is 12.5 Å². The van der Waals surface area contributed by atoms with Gasteiger partial charge in [-0.05, 0) is 6.92 Å². The summed E-state index contributed by atoms with van der Waals surface area (Å²) < 4.78 is 4.69. The quantitative estimate of drug-likeness (QED) is 0.399. The van der Waals surface area contributed by atoms with E-state index < -0.39 is 0 Å². The third-order valence-corrected chi connectivity index (χ3v) is 0.949. The van der Waals surface area contributed by atoms with Crippen LogP contribution in [0.25, 0.3) is 0 Å². The molecule has 0 saturated carbocycles. The van der Waals surface area contributed by atoms with Crippen molar-refractivity contribution < 1.29 is 4.74 Å². The molecule has 0 heterocycles. The first-order valence-electron chi connectivity index (χ1n) is 2.05. The van der Waals surface area contributed by atoms with Crippen LogP contribution in [0.15, 0.2) is 12.3 Å². The minimum Gasteiger partial charge on any atom is -0.500 e. The molecule has 0 spiro atoms. The Balaban J connectivity index is 3.35. The van der Waals surface area contributed by atoms with Crippen LogP contribution in [-0.2, 0) is 4.74 Å². The van der Waals surface area contributed by atoms with Gasteiger partial charge in [0.25, 0.3) is 0 Å². The average molecular weight is 121 g/mol. The lowest BCUT2D eigenvalue weighted by Gasteiger charge is -2.02. The van der Waals surface area contributed by atoms with Gasteiger partial charge in [-0.2, -0.15) is 0 Å². The lowest BCUT2D eigenvalue weighted by Crippen LogP contribution is -1.96. The molecule has 0 aromatic heterocycles. The second-order valence-corrected chi connectivity index (χ2v) is 1.94. The van der Waals surface area contributed by atoms with E-state index in [1.165, 1.54) is 0 Å². The van der Waals surface area contributed by atoms with Crippen molar-refractivity contribution in [3.8, 4) is 0 Å². The van der Waals surface area contributed by atoms with Gasteiger partial charge < -0.3 is 4.74 Å². The highest BCUT2D eigenvalue weighted by molar-refractivity contribution is 6.21. The van der Waals surface area contributed by atoms with Gasteiger partial charge in [-0.15, -0.1) is 11.6 Å². The fourth-order valence-electron chi connectivity index (χ4n) is 0.162. The predicted molar refractivity (Wildman–Crippen MR) is 31.5 cm³/mol. The van der Waals surface area contributed by atoms with Gasteiger partial charge in [0.1, 0.15) is 5.76 Å². The molecule has 0 saturated heterocycles. The molecule has 0 radical (unpaired) electrons. The summed E-state index contributed by atoms with van der Waals surface area (Å²) in [6.45, 7) is 5.33. The third kappa shape index (κ3) is 2.52. The predicted octanol–water partition coefficient (Wildman–Crippen LogP) is 1.77. The van der Waals surface area contributed by atoms with Crippen molar-refractivity contribution >= 4 is 11.6 Å². The molecule has 0 aliphatic heterocycles. The Morgan fingerprint density at radius 2 is 2.29 bits per heavy atom. The first kappa shape index (κ1) is 6.83. The van der Waals surface area contributed by atoms with Gasteiger partial charge in [-0.3, -0.25) is 0 Å². The number of hydrogen-bond donors (Lipinski definition) is 0. The Hall–Kier alpha value is -0.170. The van der Waals surface area contributed by atoms with Gasteiger partial charge in [0.15, 0.2) is 0 Å². The molecular weight excluding hydrogens is 112 g/mol. The molecule has 0 amide bonds. The molecule has 0 rings (SSSR count). The van der Waals surface area contributed by atoms with Crippen molar-refractivity contribution in [2.75, 3.05) is 7.11 Å². The molecular formula is C5H9ClO. The molecule has 0 aromatic carbocycles. The fourth-order valence-corrected chi connectivity index (χ4v) is 0.251. The van der Waals surface area contributed by atoms with E-state index in [1.807, 2.05) is 6.92 Å². The molecule has 0 aliphatic carbocycles. The van der Waals surface area contributed by atoms with Gasteiger partial charge in [-0.25, -0.2) is 0 Å². The summed E-state index contributed by atoms with van der Waals surface area (Å²) in [7, 11) is 1.56. The zero-order valence-corrected chi connectivity index (χ0v) is 5.33. The van der Waals surface area contributed by atoms with Crippen molar-refractivity contribution in [1.82, 2.24) is 0 Å². The second kappa shape index (κ2) is 2.92. The Kier molecular flexibility index (Phi) is 2.84. The van der Waals surface area contributed by atoms with Crippen LogP contribution in [0.3, 0.4) is 0 Å². The van der Waals surface area contributed by atoms with Crippen molar-refractivity contribution in [2.45, 2.75) is 12.3 Å². The summed E-state index contributed by atoms with van der Waals surface area (Å²) in [5.74, 6) is 0.613. The number of allylic oxidation sites excluding steroid dienone is 1. The summed E-state index contributed by atoms with van der Waals surface area (Å²) in [5, 5.41) is -0.0787. The molecule has 0 N–H and O–H groups in total. The first-order valence-corrected chi connectivity index (χ1v) is 2.49. The SMILES string of the molecule is C=C(OC)C(C)Cl. The summed E-state index contributed by atoms with van der Waals surface area (Å²) in [5.41, 5.74) is 0. The standard InChI is InChI=1S/C5H9ClO/c1-4(6)5(2)7-3/h4H,2H2,1,3H3. The van der Waals surface area contributed by atoms with E-state index in [0.717, 1.165) is 0 Å². The van der Waals surface area contributed by atoms with E-state index in [1.54, 1.807) is 7.11 Å². The molecule has 1 atom stereocenters. The minimum absolute atomic E-state index is 0.0787. The zero-order valence-electron chi connectivity index (χ0n) is 4.57. The van der Waals surface area contributed by atoms with Gasteiger partial charge in [-0.1, -0.05) is 6.58 Å². The smallest absolute Gasteiger partial charge is 0.106 e. The van der Waals surface area contributed by atoms with Crippen LogP contribution in [-0.4, -0.2) is 12.5 Å². The molecule has 0 aliphatic rings. The minimum atomic E-state index is -0.0787. The Morgan fingerprint density at radius 3 is 2.29 bits per heavy atom. The van der Waals surface area contributed by atoms with E-state index in [2.05, 4.69) is 11.3 Å². The van der Waals surface area contributed by atoms with Crippen LogP contribution >= 0.6 is 11.6 Å². The molecule has 1 nitrogen and oxygen atoms in total. The Labute approximate surface area is 48.9 Å². The summed E-state index contributed by atoms with van der Waals surface area (Å²) in [6, 6.07) is 0. The number of ether oxygens (including phenoxy) is 1. The van der Waals surface area contributed by atoms with Gasteiger partial charge >= 0.3 is 0 Å². The van der Waals surface area contributed by atoms with Crippen LogP contribution in [0.1, 0.15) is 6.92 Å². The van der Waals surface area contributed by atoms with Crippen molar-refractivity contribution in [2.24, 2.45) is 0 Å². The molecule has 42 valence electrons. The molecule has 0 fully saturated rings. The number of methoxy groups -OCH3 is 1. The summed E-state index contributed by atoms with van der Waals surface area (Å²) in [4.78, 5) is 0. The highest BCUT2D eigenvalue weighted by Gasteiger charge is 1.97. The van der Waals surface area contributed by atoms with E-state index in [9.17, 15) is 0 Å². The normalized spacial score (nSPS) is 13.0. The molecule has 7 heavy (non-hydrogen) atoms. The molecule has 1 unspecified atom stereocenters. The summed E-state index contributed by atoms with van der Waals surface area (Å²) >= 11 is 5.50. The maximum Gasteiger partial charge on any atom is 0.106 e. The van der Waals surface area contributed by atoms with Crippen LogP contribution < -0.4 is 0 Å². The summed E-state index contributed by atoms with van der Waals surface area (Å²) in [6.07, 6.45) is 0. The van der Waals surface area contributed by atoms with E-state index >= 15 is 0 Å². The van der Waals surface area contributed by atoms with Crippen molar-refractivity contribution in [3.05, 3.63) is 12.3 Å². The number of hydrogen-bond acceptors (Lipinski definition) is 1. The Bertz CT molecular complexity index is 68.5. The average Bonchev–Trinajstić information content (AvgIpc) is 1.65. The van der Waals surface area contributed by atoms with Gasteiger partial charge in [0, 0.05) is 0 Å². The maximum atomic E-state index is 5.50. The van der Waals surface area contributed by atoms with Crippen LogP contribution in [0.2, 0.25) is 0 Å². The van der Waals surface area contributed by atoms with Crippen molar-refractivity contribution in [3.63, 3.8) is 0 Å². The van der Waals surface area contributed by atoms with Crippen LogP contribution in [0.5, 0.6) is 0 Å². The maximum absolute atomic E-state index is 5.50. The first-order chi connectivity index (χ1) is 3.18. The van der Waals surface area contributed by atoms with Crippen LogP contribution in [0, 0.1) is 0 Å². The largest absolute Gasteiger partial charge is 0.500 e. The zero-order chi connectivity index (χ0) is 5.86. The van der Waals surface area contributed by atoms with E-state index in [0.29, 0.717) is 5.76 Å². The van der Waals surface area contributed by atoms with Crippen molar-refractivity contribution in [1.29, 1.82) is 0 Å². The molecule has 0 aromatic rings. The Morgan fingerprint density at radius 1 is 1.86 bits per heavy atom. The second-order valence-electron chi connectivity index (χ2n) is 1.29. The molecule has 2 heteroatoms. The lowest BCUT2D eigenvalue weighted by atomic mass is 10.4. The van der Waals surface area contributed by atoms with Gasteiger partial charge in [0.2, 0.25) is 0 Å². The van der Waals surface area contributed by atoms with E-state index in [4.69, 9.17) is 11.6 Å². The lowest BCUT2D eigenvalue weighted by molar-refractivity contribution is 0.284. The monoisotopic (exact) mass is 120 g/mol.